The van der Waals surface area contributed by atoms with Gasteiger partial charge in [0.1, 0.15) is 12.4 Å². The van der Waals surface area contributed by atoms with Gasteiger partial charge in [-0.1, -0.05) is 23.8 Å². The van der Waals surface area contributed by atoms with E-state index in [0.717, 1.165) is 29.9 Å². The maximum atomic E-state index is 12.6. The number of nitrogens with zero attached hydrogens (tertiary/aromatic N) is 4. The van der Waals surface area contributed by atoms with Crippen molar-refractivity contribution in [1.82, 2.24) is 19.7 Å². The van der Waals surface area contributed by atoms with E-state index in [-0.39, 0.29) is 12.5 Å². The molecule has 0 aliphatic carbocycles. The minimum Gasteiger partial charge on any atom is -0.378 e. The van der Waals surface area contributed by atoms with Gasteiger partial charge < -0.3 is 15.0 Å². The molecule has 0 spiro atoms. The number of hydrogen-bond donors (Lipinski definition) is 2. The number of rotatable bonds is 5. The van der Waals surface area contributed by atoms with Gasteiger partial charge in [0.2, 0.25) is 5.91 Å². The molecule has 1 fully saturated rings. The largest absolute Gasteiger partial charge is 0.378 e. The van der Waals surface area contributed by atoms with Gasteiger partial charge in [-0.2, -0.15) is 5.10 Å². The maximum absolute atomic E-state index is 12.6. The van der Waals surface area contributed by atoms with Crippen molar-refractivity contribution >= 4 is 29.6 Å². The number of aryl methyl sites for hydroxylation is 1. The summed E-state index contributed by atoms with van der Waals surface area (Å²) in [4.78, 5) is 19.2. The zero-order valence-electron chi connectivity index (χ0n) is 16.1. The molecule has 1 aromatic carbocycles. The van der Waals surface area contributed by atoms with E-state index in [1.165, 1.54) is 0 Å². The Labute approximate surface area is 173 Å². The number of amides is 1. The Hall–Kier alpha value is -3.04. The second-order valence-electron chi connectivity index (χ2n) is 6.86. The number of H-pyrrole nitrogens is 1. The van der Waals surface area contributed by atoms with Crippen molar-refractivity contribution < 1.29 is 9.53 Å². The Morgan fingerprint density at radius 3 is 2.83 bits per heavy atom. The van der Waals surface area contributed by atoms with Crippen molar-refractivity contribution in [2.45, 2.75) is 13.5 Å². The lowest BCUT2D eigenvalue weighted by Gasteiger charge is -2.28. The first-order valence-electron chi connectivity index (χ1n) is 9.41. The molecular formula is C20H22N6O2S. The Morgan fingerprint density at radius 1 is 1.28 bits per heavy atom. The zero-order chi connectivity index (χ0) is 20.2. The quantitative estimate of drug-likeness (QED) is 0.629. The van der Waals surface area contributed by atoms with E-state index >= 15 is 0 Å². The fourth-order valence-electron chi connectivity index (χ4n) is 3.26. The molecule has 0 bridgehead atoms. The van der Waals surface area contributed by atoms with Crippen molar-refractivity contribution in [3.8, 4) is 11.4 Å². The van der Waals surface area contributed by atoms with Crippen LogP contribution in [0.3, 0.4) is 0 Å². The van der Waals surface area contributed by atoms with E-state index in [1.54, 1.807) is 16.8 Å². The number of carbonyl (C=O) groups is 1. The van der Waals surface area contributed by atoms with Gasteiger partial charge in [-0.3, -0.25) is 14.5 Å². The highest BCUT2D eigenvalue weighted by molar-refractivity contribution is 7.71. The number of benzene rings is 1. The molecule has 9 heteroatoms. The van der Waals surface area contributed by atoms with Crippen LogP contribution in [0.15, 0.2) is 42.6 Å². The molecule has 3 heterocycles. The van der Waals surface area contributed by atoms with Gasteiger partial charge in [0.05, 0.1) is 25.1 Å². The highest BCUT2D eigenvalue weighted by atomic mass is 32.1. The molecule has 29 heavy (non-hydrogen) atoms. The molecule has 0 saturated carbocycles. The summed E-state index contributed by atoms with van der Waals surface area (Å²) in [5.74, 6) is 0.909. The molecule has 2 N–H and O–H groups in total. The smallest absolute Gasteiger partial charge is 0.245 e. The van der Waals surface area contributed by atoms with Gasteiger partial charge >= 0.3 is 0 Å². The first-order chi connectivity index (χ1) is 14.1. The van der Waals surface area contributed by atoms with Crippen molar-refractivity contribution in [2.24, 2.45) is 0 Å². The summed E-state index contributed by atoms with van der Waals surface area (Å²) < 4.78 is 7.45. The van der Waals surface area contributed by atoms with E-state index in [1.807, 2.05) is 37.3 Å². The summed E-state index contributed by atoms with van der Waals surface area (Å²) in [6.45, 7) is 5.17. The number of carbonyl (C=O) groups excluding carboxylic acids is 1. The standard InChI is InChI=1S/C20H22N6O2S/c1-14-3-2-4-15(11-14)19-23-24-20(29)26(19)13-18(27)22-17-6-5-16(12-21-17)25-7-9-28-10-8-25/h2-6,11-12H,7-10,13H2,1H3,(H,24,29)(H,21,22,27). The summed E-state index contributed by atoms with van der Waals surface area (Å²) in [7, 11) is 0. The van der Waals surface area contributed by atoms with Crippen LogP contribution in [0, 0.1) is 11.7 Å². The summed E-state index contributed by atoms with van der Waals surface area (Å²) in [5, 5.41) is 9.88. The molecule has 0 atom stereocenters. The number of aromatic nitrogens is 4. The van der Waals surface area contributed by atoms with Crippen LogP contribution in [0.4, 0.5) is 11.5 Å². The van der Waals surface area contributed by atoms with E-state index in [9.17, 15) is 4.79 Å². The average Bonchev–Trinajstić information content (AvgIpc) is 3.09. The third kappa shape index (κ3) is 4.52. The normalized spacial score (nSPS) is 14.0. The number of ether oxygens (including phenoxy) is 1. The molecule has 0 radical (unpaired) electrons. The number of anilines is 2. The van der Waals surface area contributed by atoms with Gasteiger partial charge in [0.15, 0.2) is 10.6 Å². The molecule has 8 nitrogen and oxygen atoms in total. The van der Waals surface area contributed by atoms with Crippen molar-refractivity contribution in [3.05, 3.63) is 52.9 Å². The monoisotopic (exact) mass is 410 g/mol. The van der Waals surface area contributed by atoms with Crippen molar-refractivity contribution in [2.75, 3.05) is 36.5 Å². The third-order valence-corrected chi connectivity index (χ3v) is 5.04. The van der Waals surface area contributed by atoms with Crippen molar-refractivity contribution in [3.63, 3.8) is 0 Å². The van der Waals surface area contributed by atoms with Crippen LogP contribution in [0.1, 0.15) is 5.56 Å². The van der Waals surface area contributed by atoms with Gasteiger partial charge in [-0.25, -0.2) is 4.98 Å². The highest BCUT2D eigenvalue weighted by Crippen LogP contribution is 2.19. The maximum Gasteiger partial charge on any atom is 0.245 e. The van der Waals surface area contributed by atoms with E-state index in [0.29, 0.717) is 29.6 Å². The van der Waals surface area contributed by atoms with Crippen LogP contribution >= 0.6 is 12.2 Å². The van der Waals surface area contributed by atoms with E-state index in [4.69, 9.17) is 17.0 Å². The number of pyridine rings is 1. The lowest BCUT2D eigenvalue weighted by atomic mass is 10.1. The molecule has 3 aromatic rings. The molecule has 150 valence electrons. The van der Waals surface area contributed by atoms with Crippen LogP contribution in [0.5, 0.6) is 0 Å². The molecule has 2 aromatic heterocycles. The lowest BCUT2D eigenvalue weighted by Crippen LogP contribution is -2.36. The predicted octanol–water partition coefficient (Wildman–Crippen LogP) is 2.79. The second-order valence-corrected chi connectivity index (χ2v) is 7.24. The Bertz CT molecular complexity index is 1050. The Balaban J connectivity index is 1.45. The first-order valence-corrected chi connectivity index (χ1v) is 9.82. The number of morpholine rings is 1. The van der Waals surface area contributed by atoms with Crippen LogP contribution in [-0.4, -0.2) is 52.0 Å². The zero-order valence-corrected chi connectivity index (χ0v) is 16.9. The summed E-state index contributed by atoms with van der Waals surface area (Å²) in [6, 6.07) is 11.7. The number of aromatic amines is 1. The average molecular weight is 411 g/mol. The van der Waals surface area contributed by atoms with Crippen molar-refractivity contribution in [1.29, 1.82) is 0 Å². The van der Waals surface area contributed by atoms with Crippen LogP contribution < -0.4 is 10.2 Å². The molecule has 1 amide bonds. The molecule has 1 aliphatic heterocycles. The van der Waals surface area contributed by atoms with Crippen LogP contribution in [-0.2, 0) is 16.1 Å². The predicted molar refractivity (Wildman–Crippen MR) is 113 cm³/mol. The molecule has 1 aliphatic rings. The molecule has 0 unspecified atom stereocenters. The van der Waals surface area contributed by atoms with E-state index in [2.05, 4.69) is 25.4 Å². The number of nitrogens with one attached hydrogen (secondary N) is 2. The molecular weight excluding hydrogens is 388 g/mol. The fraction of sp³-hybridized carbons (Fsp3) is 0.300. The molecule has 1 saturated heterocycles. The third-order valence-electron chi connectivity index (χ3n) is 4.73. The van der Waals surface area contributed by atoms with Gasteiger partial charge in [0, 0.05) is 18.7 Å². The van der Waals surface area contributed by atoms with Crippen LogP contribution in [0.25, 0.3) is 11.4 Å². The van der Waals surface area contributed by atoms with Gasteiger partial charge in [-0.15, -0.1) is 0 Å². The minimum atomic E-state index is -0.219. The highest BCUT2D eigenvalue weighted by Gasteiger charge is 2.14. The summed E-state index contributed by atoms with van der Waals surface area (Å²) >= 11 is 5.31. The summed E-state index contributed by atoms with van der Waals surface area (Å²) in [5.41, 5.74) is 3.03. The SMILES string of the molecule is Cc1cccc(-c2n[nH]c(=S)n2CC(=O)Nc2ccc(N3CCOCC3)cn2)c1. The Morgan fingerprint density at radius 2 is 2.10 bits per heavy atom. The fourth-order valence-corrected chi connectivity index (χ4v) is 3.46. The van der Waals surface area contributed by atoms with Gasteiger partial charge in [-0.05, 0) is 37.3 Å². The first kappa shape index (κ1) is 19.3. The lowest BCUT2D eigenvalue weighted by molar-refractivity contribution is -0.116. The minimum absolute atomic E-state index is 0.0471. The molecule has 4 rings (SSSR count). The topological polar surface area (TPSA) is 88.1 Å². The number of hydrogen-bond acceptors (Lipinski definition) is 6. The second kappa shape index (κ2) is 8.54. The Kier molecular flexibility index (Phi) is 5.68. The van der Waals surface area contributed by atoms with E-state index < -0.39 is 0 Å². The summed E-state index contributed by atoms with van der Waals surface area (Å²) in [6.07, 6.45) is 1.77. The van der Waals surface area contributed by atoms with Gasteiger partial charge in [0.25, 0.3) is 0 Å². The van der Waals surface area contributed by atoms with Crippen LogP contribution in [0.2, 0.25) is 0 Å².